The predicted molar refractivity (Wildman–Crippen MR) is 81.9 cm³/mol. The minimum absolute atomic E-state index is 0.232. The molecule has 110 valence electrons. The van der Waals surface area contributed by atoms with Crippen LogP contribution < -0.4 is 5.32 Å². The van der Waals surface area contributed by atoms with E-state index in [1.807, 2.05) is 0 Å². The first-order valence-corrected chi connectivity index (χ1v) is 7.46. The minimum Gasteiger partial charge on any atom is -0.452 e. The van der Waals surface area contributed by atoms with E-state index >= 15 is 0 Å². The molecule has 0 atom stereocenters. The molecule has 1 aromatic carbocycles. The zero-order valence-corrected chi connectivity index (χ0v) is 13.8. The number of carbonyl (C=O) groups is 2. The van der Waals surface area contributed by atoms with Crippen molar-refractivity contribution >= 4 is 39.4 Å². The number of halogens is 2. The molecule has 0 bridgehead atoms. The van der Waals surface area contributed by atoms with Gasteiger partial charge in [0.1, 0.15) is 0 Å². The highest BCUT2D eigenvalue weighted by molar-refractivity contribution is 9.10. The Bertz CT molecular complexity index is 491. The largest absolute Gasteiger partial charge is 0.452 e. The molecule has 0 aliphatic heterocycles. The summed E-state index contributed by atoms with van der Waals surface area (Å²) < 4.78 is 5.64. The summed E-state index contributed by atoms with van der Waals surface area (Å²) in [4.78, 5) is 23.3. The fourth-order valence-corrected chi connectivity index (χ4v) is 1.97. The Labute approximate surface area is 132 Å². The number of hydrogen-bond donors (Lipinski definition) is 1. The molecule has 20 heavy (non-hydrogen) atoms. The van der Waals surface area contributed by atoms with Gasteiger partial charge in [-0.15, -0.1) is 0 Å². The number of carbonyl (C=O) groups excluding carboxylic acids is 2. The standard InChI is InChI=1S/C14H17BrClNO3/c1-9(2)5-6-17-13(18)8-20-14(19)11-7-10(15)3-4-12(11)16/h3-4,7,9H,5-6,8H2,1-2H3,(H,17,18). The minimum atomic E-state index is -0.615. The third kappa shape index (κ3) is 5.92. The topological polar surface area (TPSA) is 55.4 Å². The molecule has 1 aromatic rings. The van der Waals surface area contributed by atoms with Crippen molar-refractivity contribution in [1.29, 1.82) is 0 Å². The average molecular weight is 363 g/mol. The maximum absolute atomic E-state index is 11.8. The van der Waals surface area contributed by atoms with Gasteiger partial charge in [0.25, 0.3) is 5.91 Å². The Kier molecular flexibility index (Phi) is 7.02. The van der Waals surface area contributed by atoms with Gasteiger partial charge in [0.05, 0.1) is 10.6 Å². The Hall–Kier alpha value is -1.07. The zero-order valence-electron chi connectivity index (χ0n) is 11.4. The summed E-state index contributed by atoms with van der Waals surface area (Å²) in [5.41, 5.74) is 0.232. The molecule has 1 amide bonds. The lowest BCUT2D eigenvalue weighted by Crippen LogP contribution is -2.30. The van der Waals surface area contributed by atoms with Crippen LogP contribution in [-0.2, 0) is 9.53 Å². The number of ether oxygens (including phenoxy) is 1. The maximum atomic E-state index is 11.8. The molecule has 0 saturated heterocycles. The lowest BCUT2D eigenvalue weighted by molar-refractivity contribution is -0.124. The highest BCUT2D eigenvalue weighted by Gasteiger charge is 2.14. The van der Waals surface area contributed by atoms with Crippen molar-refractivity contribution in [1.82, 2.24) is 5.32 Å². The van der Waals surface area contributed by atoms with Gasteiger partial charge in [-0.25, -0.2) is 4.79 Å². The predicted octanol–water partition coefficient (Wildman–Crippen LogP) is 3.42. The SMILES string of the molecule is CC(C)CCNC(=O)COC(=O)c1cc(Br)ccc1Cl. The number of benzene rings is 1. The Morgan fingerprint density at radius 2 is 2.10 bits per heavy atom. The van der Waals surface area contributed by atoms with Crippen LogP contribution in [-0.4, -0.2) is 25.0 Å². The van der Waals surface area contributed by atoms with Crippen molar-refractivity contribution in [2.45, 2.75) is 20.3 Å². The van der Waals surface area contributed by atoms with E-state index in [4.69, 9.17) is 16.3 Å². The first kappa shape index (κ1) is 17.0. The fourth-order valence-electron chi connectivity index (χ4n) is 1.41. The summed E-state index contributed by atoms with van der Waals surface area (Å²) in [7, 11) is 0. The van der Waals surface area contributed by atoms with Crippen LogP contribution in [0.15, 0.2) is 22.7 Å². The van der Waals surface area contributed by atoms with Gasteiger partial charge in [-0.3, -0.25) is 4.79 Å². The summed E-state index contributed by atoms with van der Waals surface area (Å²) in [5, 5.41) is 2.98. The third-order valence-corrected chi connectivity index (χ3v) is 3.35. The van der Waals surface area contributed by atoms with Gasteiger partial charge in [-0.05, 0) is 30.5 Å². The van der Waals surface area contributed by atoms with Crippen molar-refractivity contribution < 1.29 is 14.3 Å². The van der Waals surface area contributed by atoms with Gasteiger partial charge in [-0.2, -0.15) is 0 Å². The molecule has 0 aromatic heterocycles. The Morgan fingerprint density at radius 3 is 2.75 bits per heavy atom. The molecule has 0 spiro atoms. The van der Waals surface area contributed by atoms with Crippen molar-refractivity contribution in [3.8, 4) is 0 Å². The van der Waals surface area contributed by atoms with Crippen LogP contribution in [0.4, 0.5) is 0 Å². The number of hydrogen-bond acceptors (Lipinski definition) is 3. The summed E-state index contributed by atoms with van der Waals surface area (Å²) in [6, 6.07) is 4.87. The van der Waals surface area contributed by atoms with Crippen LogP contribution in [0.2, 0.25) is 5.02 Å². The van der Waals surface area contributed by atoms with Gasteiger partial charge in [-0.1, -0.05) is 41.4 Å². The monoisotopic (exact) mass is 361 g/mol. The number of amides is 1. The second-order valence-corrected chi connectivity index (χ2v) is 6.06. The van der Waals surface area contributed by atoms with E-state index in [9.17, 15) is 9.59 Å². The van der Waals surface area contributed by atoms with Gasteiger partial charge in [0.2, 0.25) is 0 Å². The number of esters is 1. The Balaban J connectivity index is 2.43. The van der Waals surface area contributed by atoms with Crippen molar-refractivity contribution in [2.75, 3.05) is 13.2 Å². The highest BCUT2D eigenvalue weighted by Crippen LogP contribution is 2.21. The smallest absolute Gasteiger partial charge is 0.340 e. The van der Waals surface area contributed by atoms with Gasteiger partial charge >= 0.3 is 5.97 Å². The van der Waals surface area contributed by atoms with Gasteiger partial charge in [0, 0.05) is 11.0 Å². The molecule has 6 heteroatoms. The first-order valence-electron chi connectivity index (χ1n) is 6.29. The summed E-state index contributed by atoms with van der Waals surface area (Å²) in [6.07, 6.45) is 0.886. The van der Waals surface area contributed by atoms with Crippen LogP contribution >= 0.6 is 27.5 Å². The summed E-state index contributed by atoms with van der Waals surface area (Å²) in [6.45, 7) is 4.41. The summed E-state index contributed by atoms with van der Waals surface area (Å²) >= 11 is 9.15. The average Bonchev–Trinajstić information content (AvgIpc) is 2.38. The van der Waals surface area contributed by atoms with E-state index in [-0.39, 0.29) is 18.1 Å². The van der Waals surface area contributed by atoms with E-state index in [0.717, 1.165) is 10.9 Å². The summed E-state index contributed by atoms with van der Waals surface area (Å²) in [5.74, 6) is -0.418. The number of rotatable bonds is 6. The lowest BCUT2D eigenvalue weighted by Gasteiger charge is -2.08. The molecule has 0 saturated carbocycles. The third-order valence-electron chi connectivity index (χ3n) is 2.53. The molecular formula is C14H17BrClNO3. The molecule has 0 aliphatic rings. The quantitative estimate of drug-likeness (QED) is 0.789. The van der Waals surface area contributed by atoms with E-state index in [1.54, 1.807) is 18.2 Å². The molecular weight excluding hydrogens is 346 g/mol. The van der Waals surface area contributed by atoms with Crippen LogP contribution in [0.3, 0.4) is 0 Å². The van der Waals surface area contributed by atoms with E-state index in [0.29, 0.717) is 17.5 Å². The van der Waals surface area contributed by atoms with Crippen molar-refractivity contribution in [3.63, 3.8) is 0 Å². The molecule has 0 fully saturated rings. The van der Waals surface area contributed by atoms with Gasteiger partial charge < -0.3 is 10.1 Å². The van der Waals surface area contributed by atoms with E-state index in [2.05, 4.69) is 35.1 Å². The maximum Gasteiger partial charge on any atom is 0.340 e. The lowest BCUT2D eigenvalue weighted by atomic mass is 10.1. The fraction of sp³-hybridized carbons (Fsp3) is 0.429. The number of nitrogens with one attached hydrogen (secondary N) is 1. The van der Waals surface area contributed by atoms with E-state index in [1.165, 1.54) is 0 Å². The molecule has 0 radical (unpaired) electrons. The molecule has 1 rings (SSSR count). The molecule has 1 N–H and O–H groups in total. The van der Waals surface area contributed by atoms with Crippen molar-refractivity contribution in [3.05, 3.63) is 33.3 Å². The first-order chi connectivity index (χ1) is 9.40. The molecule has 0 heterocycles. The Morgan fingerprint density at radius 1 is 1.40 bits per heavy atom. The molecule has 4 nitrogen and oxygen atoms in total. The van der Waals surface area contributed by atoms with Crippen LogP contribution in [0.5, 0.6) is 0 Å². The highest BCUT2D eigenvalue weighted by atomic mass is 79.9. The second-order valence-electron chi connectivity index (χ2n) is 4.73. The zero-order chi connectivity index (χ0) is 15.1. The van der Waals surface area contributed by atoms with Crippen LogP contribution in [0.1, 0.15) is 30.6 Å². The second kappa shape index (κ2) is 8.27. The molecule has 0 aliphatic carbocycles. The van der Waals surface area contributed by atoms with E-state index < -0.39 is 5.97 Å². The molecule has 0 unspecified atom stereocenters. The van der Waals surface area contributed by atoms with Gasteiger partial charge in [0.15, 0.2) is 6.61 Å². The normalized spacial score (nSPS) is 10.4. The van der Waals surface area contributed by atoms with Crippen molar-refractivity contribution in [2.24, 2.45) is 5.92 Å². The van der Waals surface area contributed by atoms with Crippen LogP contribution in [0, 0.1) is 5.92 Å². The van der Waals surface area contributed by atoms with Crippen LogP contribution in [0.25, 0.3) is 0 Å².